The normalized spacial score (nSPS) is 11.7. The van der Waals surface area contributed by atoms with Crippen LogP contribution in [-0.4, -0.2) is 25.2 Å². The lowest BCUT2D eigenvalue weighted by atomic mass is 10.2. The van der Waals surface area contributed by atoms with Gasteiger partial charge in [-0.25, -0.2) is 0 Å². The van der Waals surface area contributed by atoms with E-state index in [4.69, 9.17) is 9.05 Å². The summed E-state index contributed by atoms with van der Waals surface area (Å²) in [5, 5.41) is 0. The van der Waals surface area contributed by atoms with Gasteiger partial charge in [-0.15, -0.1) is 0 Å². The van der Waals surface area contributed by atoms with E-state index in [0.717, 1.165) is 19.3 Å². The molecule has 0 radical (unpaired) electrons. The average Bonchev–Trinajstić information content (AvgIpc) is 2.17. The molecule has 0 aliphatic heterocycles. The Labute approximate surface area is 98.2 Å². The van der Waals surface area contributed by atoms with Crippen LogP contribution in [0.5, 0.6) is 0 Å². The number of Topliss-reactive ketones (excluding diaryl/α,β-unsaturated/α-hetero) is 1. The fourth-order valence-corrected chi connectivity index (χ4v) is 3.15. The second-order valence-corrected chi connectivity index (χ2v) is 5.87. The summed E-state index contributed by atoms with van der Waals surface area (Å²) in [5.41, 5.74) is 0. The molecule has 0 aromatic heterocycles. The summed E-state index contributed by atoms with van der Waals surface area (Å²) in [6.07, 6.45) is 3.59. The molecule has 96 valence electrons. The van der Waals surface area contributed by atoms with Gasteiger partial charge in [0, 0.05) is 6.42 Å². The summed E-state index contributed by atoms with van der Waals surface area (Å²) >= 11 is 0. The van der Waals surface area contributed by atoms with Gasteiger partial charge in [0.1, 0.15) is 5.78 Å². The molecule has 0 aliphatic carbocycles. The van der Waals surface area contributed by atoms with Crippen LogP contribution >= 0.6 is 7.60 Å². The van der Waals surface area contributed by atoms with E-state index in [1.165, 1.54) is 0 Å². The van der Waals surface area contributed by atoms with Crippen LogP contribution in [0, 0.1) is 0 Å². The summed E-state index contributed by atoms with van der Waals surface area (Å²) in [5.74, 6) is 0.206. The molecule has 0 fully saturated rings. The molecule has 0 atom stereocenters. The molecule has 0 amide bonds. The van der Waals surface area contributed by atoms with Crippen LogP contribution in [0.25, 0.3) is 0 Å². The van der Waals surface area contributed by atoms with Gasteiger partial charge in [-0.2, -0.15) is 0 Å². The molecule has 0 bridgehead atoms. The van der Waals surface area contributed by atoms with Gasteiger partial charge in [-0.3, -0.25) is 4.57 Å². The molecule has 16 heavy (non-hydrogen) atoms. The van der Waals surface area contributed by atoms with Gasteiger partial charge < -0.3 is 13.8 Å². The highest BCUT2D eigenvalue weighted by Crippen LogP contribution is 2.48. The van der Waals surface area contributed by atoms with Gasteiger partial charge in [0.15, 0.2) is 0 Å². The molecule has 0 aliphatic rings. The maximum atomic E-state index is 12.0. The van der Waals surface area contributed by atoms with E-state index < -0.39 is 7.60 Å². The first-order valence-electron chi connectivity index (χ1n) is 5.91. The molecule has 0 heterocycles. The lowest BCUT2D eigenvalue weighted by Crippen LogP contribution is -2.00. The van der Waals surface area contributed by atoms with Crippen LogP contribution in [0.1, 0.15) is 46.5 Å². The Kier molecular flexibility index (Phi) is 8.81. The van der Waals surface area contributed by atoms with E-state index in [1.54, 1.807) is 20.8 Å². The van der Waals surface area contributed by atoms with E-state index in [9.17, 15) is 9.36 Å². The molecule has 0 saturated heterocycles. The second-order valence-electron chi connectivity index (χ2n) is 3.68. The monoisotopic (exact) mass is 250 g/mol. The van der Waals surface area contributed by atoms with E-state index in [1.807, 2.05) is 0 Å². The fourth-order valence-electron chi connectivity index (χ4n) is 1.42. The molecule has 0 saturated carbocycles. The molecule has 0 rings (SSSR count). The van der Waals surface area contributed by atoms with Gasteiger partial charge in [0.2, 0.25) is 0 Å². The lowest BCUT2D eigenvalue weighted by molar-refractivity contribution is -0.117. The summed E-state index contributed by atoms with van der Waals surface area (Å²) in [4.78, 5) is 10.7. The summed E-state index contributed by atoms with van der Waals surface area (Å²) in [6, 6.07) is 0. The lowest BCUT2D eigenvalue weighted by Gasteiger charge is -2.16. The number of carbonyl (C=O) groups excluding carboxylic acids is 1. The Morgan fingerprint density at radius 3 is 2.06 bits per heavy atom. The number of rotatable bonds is 10. The van der Waals surface area contributed by atoms with Crippen LogP contribution in [-0.2, 0) is 18.4 Å². The predicted octanol–water partition coefficient (Wildman–Crippen LogP) is 3.40. The highest BCUT2D eigenvalue weighted by molar-refractivity contribution is 7.53. The number of hydrogen-bond acceptors (Lipinski definition) is 4. The molecular formula is C11H23O4P. The maximum absolute atomic E-state index is 12.0. The minimum absolute atomic E-state index is 0.206. The first kappa shape index (κ1) is 15.8. The zero-order chi connectivity index (χ0) is 12.4. The summed E-state index contributed by atoms with van der Waals surface area (Å²) in [6.45, 7) is 6.02. The quantitative estimate of drug-likeness (QED) is 0.440. The highest BCUT2D eigenvalue weighted by atomic mass is 31.2. The molecule has 0 aromatic rings. The summed E-state index contributed by atoms with van der Waals surface area (Å²) in [7, 11) is -2.87. The number of carbonyl (C=O) groups is 1. The smallest absolute Gasteiger partial charge is 0.309 e. The van der Waals surface area contributed by atoms with E-state index in [-0.39, 0.29) is 5.78 Å². The number of ketones is 1. The van der Waals surface area contributed by atoms with Crippen molar-refractivity contribution in [3.63, 3.8) is 0 Å². The molecule has 5 heteroatoms. The predicted molar refractivity (Wildman–Crippen MR) is 64.9 cm³/mol. The topological polar surface area (TPSA) is 52.6 Å². The van der Waals surface area contributed by atoms with Crippen molar-refractivity contribution in [2.24, 2.45) is 0 Å². The minimum atomic E-state index is -2.87. The number of unbranched alkanes of at least 4 members (excludes halogenated alkanes) is 2. The van der Waals surface area contributed by atoms with E-state index in [2.05, 4.69) is 0 Å². The minimum Gasteiger partial charge on any atom is -0.309 e. The van der Waals surface area contributed by atoms with Crippen LogP contribution < -0.4 is 0 Å². The van der Waals surface area contributed by atoms with Crippen molar-refractivity contribution in [2.75, 3.05) is 19.4 Å². The molecule has 0 spiro atoms. The van der Waals surface area contributed by atoms with Crippen molar-refractivity contribution in [2.45, 2.75) is 46.5 Å². The zero-order valence-electron chi connectivity index (χ0n) is 10.5. The van der Waals surface area contributed by atoms with Crippen molar-refractivity contribution in [1.29, 1.82) is 0 Å². The molecule has 0 N–H and O–H groups in total. The largest absolute Gasteiger partial charge is 0.330 e. The third-order valence-corrected chi connectivity index (χ3v) is 4.28. The Balaban J connectivity index is 3.76. The van der Waals surface area contributed by atoms with Gasteiger partial charge in [0.05, 0.1) is 19.4 Å². The SMILES string of the molecule is CCOP(=O)(CCCCCC(C)=O)OCC. The fraction of sp³-hybridized carbons (Fsp3) is 0.909. The van der Waals surface area contributed by atoms with E-state index in [0.29, 0.717) is 25.8 Å². The van der Waals surface area contributed by atoms with Crippen molar-refractivity contribution in [3.05, 3.63) is 0 Å². The Hall–Kier alpha value is -0.180. The molecule has 4 nitrogen and oxygen atoms in total. The average molecular weight is 250 g/mol. The Bertz CT molecular complexity index is 230. The van der Waals surface area contributed by atoms with Gasteiger partial charge in [0.25, 0.3) is 0 Å². The molecule has 0 aromatic carbocycles. The third kappa shape index (κ3) is 8.03. The van der Waals surface area contributed by atoms with Crippen LogP contribution in [0.2, 0.25) is 0 Å². The first-order valence-corrected chi connectivity index (χ1v) is 7.64. The summed E-state index contributed by atoms with van der Waals surface area (Å²) < 4.78 is 22.3. The van der Waals surface area contributed by atoms with Crippen molar-refractivity contribution < 1.29 is 18.4 Å². The van der Waals surface area contributed by atoms with Crippen molar-refractivity contribution in [3.8, 4) is 0 Å². The van der Waals surface area contributed by atoms with Crippen molar-refractivity contribution >= 4 is 13.4 Å². The highest BCUT2D eigenvalue weighted by Gasteiger charge is 2.22. The van der Waals surface area contributed by atoms with Gasteiger partial charge in [-0.1, -0.05) is 6.42 Å². The van der Waals surface area contributed by atoms with E-state index >= 15 is 0 Å². The van der Waals surface area contributed by atoms with Gasteiger partial charge in [-0.05, 0) is 33.6 Å². The van der Waals surface area contributed by atoms with Gasteiger partial charge >= 0.3 is 7.60 Å². The zero-order valence-corrected chi connectivity index (χ0v) is 11.4. The standard InChI is InChI=1S/C11H23O4P/c1-4-14-16(13,15-5-2)10-8-6-7-9-11(3)12/h4-10H2,1-3H3. The number of hydrogen-bond donors (Lipinski definition) is 0. The third-order valence-electron chi connectivity index (χ3n) is 2.11. The second kappa shape index (κ2) is 8.91. The van der Waals surface area contributed by atoms with Crippen molar-refractivity contribution in [1.82, 2.24) is 0 Å². The van der Waals surface area contributed by atoms with Crippen LogP contribution in [0.4, 0.5) is 0 Å². The maximum Gasteiger partial charge on any atom is 0.330 e. The first-order chi connectivity index (χ1) is 7.54. The Morgan fingerprint density at radius 2 is 1.62 bits per heavy atom. The molecular weight excluding hydrogens is 227 g/mol. The van der Waals surface area contributed by atoms with Crippen LogP contribution in [0.15, 0.2) is 0 Å². The van der Waals surface area contributed by atoms with Crippen LogP contribution in [0.3, 0.4) is 0 Å². The molecule has 0 unspecified atom stereocenters. The Morgan fingerprint density at radius 1 is 1.06 bits per heavy atom.